The van der Waals surface area contributed by atoms with Crippen molar-refractivity contribution >= 4 is 34.6 Å². The highest BCUT2D eigenvalue weighted by molar-refractivity contribution is 5.95. The number of nitrogens with zero attached hydrogens (tertiary/aromatic N) is 1. The number of aromatic nitrogens is 3. The van der Waals surface area contributed by atoms with Crippen molar-refractivity contribution < 1.29 is 24.3 Å². The second kappa shape index (κ2) is 16.2. The van der Waals surface area contributed by atoms with E-state index in [1.165, 1.54) is 6.33 Å². The van der Waals surface area contributed by atoms with Crippen LogP contribution in [0.2, 0.25) is 0 Å². The Kier molecular flexibility index (Phi) is 11.8. The molecule has 2 aromatic heterocycles. The van der Waals surface area contributed by atoms with Gasteiger partial charge in [0.1, 0.15) is 18.1 Å². The number of hydrogen-bond donors (Lipinski definition) is 8. The molecule has 10 N–H and O–H groups in total. The Balaban J connectivity index is 1.54. The number of aromatic amines is 2. The van der Waals surface area contributed by atoms with Crippen LogP contribution in [-0.4, -0.2) is 74.5 Å². The maximum Gasteiger partial charge on any atom is 0.326 e. The molecule has 3 amide bonds. The van der Waals surface area contributed by atoms with Gasteiger partial charge in [0.2, 0.25) is 17.7 Å². The normalized spacial score (nSPS) is 13.8. The Bertz CT molecular complexity index is 1560. The number of hydrogen-bond acceptors (Lipinski definition) is 7. The third-order valence-corrected chi connectivity index (χ3v) is 7.54. The zero-order chi connectivity index (χ0) is 32.2. The van der Waals surface area contributed by atoms with Crippen LogP contribution < -0.4 is 27.4 Å². The van der Waals surface area contributed by atoms with E-state index in [9.17, 15) is 24.3 Å². The molecule has 0 aliphatic carbocycles. The molecule has 2 heterocycles. The van der Waals surface area contributed by atoms with Crippen molar-refractivity contribution in [2.24, 2.45) is 11.5 Å². The summed E-state index contributed by atoms with van der Waals surface area (Å²) >= 11 is 0. The fraction of sp³-hybridized carbons (Fsp3) is 0.344. The maximum absolute atomic E-state index is 13.7. The number of unbranched alkanes of at least 4 members (excludes halogenated alkanes) is 1. The maximum atomic E-state index is 13.7. The van der Waals surface area contributed by atoms with Gasteiger partial charge in [-0.2, -0.15) is 0 Å². The fourth-order valence-corrected chi connectivity index (χ4v) is 5.09. The molecule has 45 heavy (non-hydrogen) atoms. The van der Waals surface area contributed by atoms with Crippen molar-refractivity contribution in [2.75, 3.05) is 6.54 Å². The monoisotopic (exact) mass is 616 g/mol. The lowest BCUT2D eigenvalue weighted by atomic mass is 10.0. The quantitative estimate of drug-likeness (QED) is 0.0795. The molecule has 13 nitrogen and oxygen atoms in total. The lowest BCUT2D eigenvalue weighted by Crippen LogP contribution is -2.58. The average molecular weight is 617 g/mol. The number of aliphatic carboxylic acids is 1. The summed E-state index contributed by atoms with van der Waals surface area (Å²) in [6, 6.07) is 12.1. The van der Waals surface area contributed by atoms with E-state index >= 15 is 0 Å². The van der Waals surface area contributed by atoms with Gasteiger partial charge in [-0.05, 0) is 43.0 Å². The molecular weight excluding hydrogens is 576 g/mol. The number of imidazole rings is 1. The van der Waals surface area contributed by atoms with E-state index in [2.05, 4.69) is 30.9 Å². The molecule has 0 radical (unpaired) electrons. The summed E-state index contributed by atoms with van der Waals surface area (Å²) in [6.45, 7) is 0.408. The van der Waals surface area contributed by atoms with Crippen LogP contribution in [-0.2, 0) is 38.4 Å². The van der Waals surface area contributed by atoms with Gasteiger partial charge in [0.25, 0.3) is 0 Å². The third kappa shape index (κ3) is 9.49. The molecular formula is C32H40N8O5. The topological polar surface area (TPSA) is 221 Å². The number of para-hydroxylation sites is 1. The third-order valence-electron chi connectivity index (χ3n) is 7.54. The molecule has 13 heteroatoms. The molecule has 0 saturated carbocycles. The van der Waals surface area contributed by atoms with Crippen LogP contribution in [0.1, 0.15) is 36.1 Å². The first-order chi connectivity index (χ1) is 21.7. The van der Waals surface area contributed by atoms with Crippen molar-refractivity contribution in [3.05, 3.63) is 90.1 Å². The summed E-state index contributed by atoms with van der Waals surface area (Å²) in [4.78, 5) is 62.6. The number of amides is 3. The Labute approximate surface area is 260 Å². The number of nitrogens with two attached hydrogens (primary N) is 2. The second-order valence-electron chi connectivity index (χ2n) is 10.9. The van der Waals surface area contributed by atoms with Crippen LogP contribution in [0, 0.1) is 0 Å². The summed E-state index contributed by atoms with van der Waals surface area (Å²) in [7, 11) is 0. The Hall–Kier alpha value is -5.01. The van der Waals surface area contributed by atoms with E-state index in [-0.39, 0.29) is 25.7 Å². The van der Waals surface area contributed by atoms with Crippen molar-refractivity contribution in [3.63, 3.8) is 0 Å². The lowest BCUT2D eigenvalue weighted by Gasteiger charge is -2.25. The number of carboxylic acids is 1. The molecule has 238 valence electrons. The number of benzene rings is 2. The number of fused-ring (bicyclic) bond motifs is 1. The van der Waals surface area contributed by atoms with Crippen molar-refractivity contribution in [1.29, 1.82) is 0 Å². The first-order valence-corrected chi connectivity index (χ1v) is 14.9. The van der Waals surface area contributed by atoms with E-state index in [0.717, 1.165) is 22.0 Å². The predicted molar refractivity (Wildman–Crippen MR) is 169 cm³/mol. The Morgan fingerprint density at radius 2 is 1.49 bits per heavy atom. The molecule has 0 saturated heterocycles. The molecule has 0 bridgehead atoms. The zero-order valence-electron chi connectivity index (χ0n) is 24.9. The van der Waals surface area contributed by atoms with Crippen molar-refractivity contribution in [1.82, 2.24) is 30.9 Å². The van der Waals surface area contributed by atoms with Gasteiger partial charge in [0.05, 0.1) is 12.4 Å². The molecule has 4 aromatic rings. The van der Waals surface area contributed by atoms with Crippen LogP contribution >= 0.6 is 0 Å². The number of carbonyl (C=O) groups is 4. The van der Waals surface area contributed by atoms with E-state index in [1.807, 2.05) is 30.3 Å². The number of H-pyrrole nitrogens is 2. The van der Waals surface area contributed by atoms with Crippen molar-refractivity contribution in [3.8, 4) is 0 Å². The molecule has 0 spiro atoms. The summed E-state index contributed by atoms with van der Waals surface area (Å²) < 4.78 is 0. The largest absolute Gasteiger partial charge is 0.480 e. The van der Waals surface area contributed by atoms with E-state index in [1.54, 1.807) is 36.7 Å². The molecule has 4 unspecified atom stereocenters. The Morgan fingerprint density at radius 1 is 0.800 bits per heavy atom. The lowest BCUT2D eigenvalue weighted by molar-refractivity contribution is -0.142. The smallest absolute Gasteiger partial charge is 0.326 e. The summed E-state index contributed by atoms with van der Waals surface area (Å²) in [5.74, 6) is -3.00. The minimum absolute atomic E-state index is 0.0572. The number of rotatable bonds is 17. The highest BCUT2D eigenvalue weighted by atomic mass is 16.4. The van der Waals surface area contributed by atoms with Gasteiger partial charge in [0, 0.05) is 48.3 Å². The highest BCUT2D eigenvalue weighted by Gasteiger charge is 2.31. The number of nitrogens with one attached hydrogen (secondary N) is 5. The highest BCUT2D eigenvalue weighted by Crippen LogP contribution is 2.19. The first kappa shape index (κ1) is 32.9. The van der Waals surface area contributed by atoms with Gasteiger partial charge in [-0.25, -0.2) is 9.78 Å². The minimum Gasteiger partial charge on any atom is -0.480 e. The van der Waals surface area contributed by atoms with Gasteiger partial charge in [-0.3, -0.25) is 14.4 Å². The SMILES string of the molecule is NCCCCC(NC(=O)C(N)Cc1cnc[nH]1)C(=O)NC(Cc1c[nH]c2ccccc12)C(=O)NC(Cc1ccccc1)C(=O)O. The van der Waals surface area contributed by atoms with Gasteiger partial charge in [-0.1, -0.05) is 48.5 Å². The van der Waals surface area contributed by atoms with Crippen LogP contribution in [0.4, 0.5) is 0 Å². The van der Waals surface area contributed by atoms with E-state index < -0.39 is 47.9 Å². The van der Waals surface area contributed by atoms with Crippen LogP contribution in [0.3, 0.4) is 0 Å². The molecule has 2 aromatic carbocycles. The van der Waals surface area contributed by atoms with Gasteiger partial charge >= 0.3 is 5.97 Å². The predicted octanol–water partition coefficient (Wildman–Crippen LogP) is 0.914. The first-order valence-electron chi connectivity index (χ1n) is 14.9. The van der Waals surface area contributed by atoms with E-state index in [4.69, 9.17) is 11.5 Å². The summed E-state index contributed by atoms with van der Waals surface area (Å²) in [5.41, 5.74) is 14.8. The summed E-state index contributed by atoms with van der Waals surface area (Å²) in [5, 5.41) is 18.9. The molecule has 0 aliphatic heterocycles. The van der Waals surface area contributed by atoms with Crippen LogP contribution in [0.15, 0.2) is 73.3 Å². The molecule has 0 aliphatic rings. The number of carboxylic acid groups (broad SMARTS) is 1. The Morgan fingerprint density at radius 3 is 2.20 bits per heavy atom. The van der Waals surface area contributed by atoms with Gasteiger partial charge < -0.3 is 42.5 Å². The van der Waals surface area contributed by atoms with E-state index in [0.29, 0.717) is 25.1 Å². The van der Waals surface area contributed by atoms with Gasteiger partial charge in [-0.15, -0.1) is 0 Å². The molecule has 0 fully saturated rings. The van der Waals surface area contributed by atoms with Crippen LogP contribution in [0.25, 0.3) is 10.9 Å². The average Bonchev–Trinajstić information content (AvgIpc) is 3.70. The number of carbonyl (C=O) groups excluding carboxylic acids is 3. The van der Waals surface area contributed by atoms with Gasteiger partial charge in [0.15, 0.2) is 0 Å². The fourth-order valence-electron chi connectivity index (χ4n) is 5.09. The molecule has 4 atom stereocenters. The molecule has 4 rings (SSSR count). The van der Waals surface area contributed by atoms with Crippen molar-refractivity contribution in [2.45, 2.75) is 62.7 Å². The second-order valence-corrected chi connectivity index (χ2v) is 10.9. The minimum atomic E-state index is -1.23. The van der Waals surface area contributed by atoms with Crippen LogP contribution in [0.5, 0.6) is 0 Å². The standard InChI is InChI=1S/C32H40N8O5/c33-13-7-6-12-26(38-29(41)24(34)16-22-18-35-19-37-22)30(42)39-27(15-21-17-36-25-11-5-4-10-23(21)25)31(43)40-28(32(44)45)14-20-8-2-1-3-9-20/h1-5,8-11,17-19,24,26-28,36H,6-7,12-16,33-34H2,(H,35,37)(H,38,41)(H,39,42)(H,40,43)(H,44,45). The summed E-state index contributed by atoms with van der Waals surface area (Å²) in [6.07, 6.45) is 6.55. The zero-order valence-corrected chi connectivity index (χ0v) is 24.9.